The van der Waals surface area contributed by atoms with Gasteiger partial charge in [0.15, 0.2) is 0 Å². The van der Waals surface area contributed by atoms with E-state index in [0.29, 0.717) is 19.1 Å². The highest BCUT2D eigenvalue weighted by Crippen LogP contribution is 2.23. The van der Waals surface area contributed by atoms with Gasteiger partial charge in [-0.25, -0.2) is 0 Å². The molecule has 1 aliphatic rings. The fourth-order valence-corrected chi connectivity index (χ4v) is 4.22. The van der Waals surface area contributed by atoms with Crippen LogP contribution in [0.2, 0.25) is 0 Å². The molecule has 0 saturated heterocycles. The number of esters is 2. The molecule has 0 N–H and O–H groups in total. The summed E-state index contributed by atoms with van der Waals surface area (Å²) in [5.41, 5.74) is 0. The van der Waals surface area contributed by atoms with E-state index in [1.165, 1.54) is 89.9 Å². The van der Waals surface area contributed by atoms with E-state index in [9.17, 15) is 9.59 Å². The third-order valence-corrected chi connectivity index (χ3v) is 6.25. The normalized spacial score (nSPS) is 14.6. The number of hydrogen-bond donors (Lipinski definition) is 0. The molecule has 0 aromatic rings. The van der Waals surface area contributed by atoms with Crippen LogP contribution in [0.25, 0.3) is 0 Å². The van der Waals surface area contributed by atoms with E-state index in [1.807, 2.05) is 0 Å². The Morgan fingerprint density at radius 3 is 1.63 bits per heavy atom. The third kappa shape index (κ3) is 16.7. The number of carbonyl (C=O) groups is 2. The van der Waals surface area contributed by atoms with E-state index >= 15 is 0 Å². The van der Waals surface area contributed by atoms with Crippen LogP contribution in [0.5, 0.6) is 0 Å². The van der Waals surface area contributed by atoms with Crippen LogP contribution >= 0.6 is 0 Å². The van der Waals surface area contributed by atoms with Gasteiger partial charge in [0, 0.05) is 0 Å². The lowest BCUT2D eigenvalue weighted by Crippen LogP contribution is -2.17. The lowest BCUT2D eigenvalue weighted by atomic mass is 9.90. The van der Waals surface area contributed by atoms with Crippen LogP contribution in [-0.4, -0.2) is 25.2 Å². The fraction of sp³-hybridized carbons (Fsp3) is 0.923. The smallest absolute Gasteiger partial charge is 0.306 e. The Morgan fingerprint density at radius 2 is 1.10 bits per heavy atom. The molecule has 1 saturated carbocycles. The summed E-state index contributed by atoms with van der Waals surface area (Å²) in [7, 11) is 0. The Labute approximate surface area is 185 Å². The summed E-state index contributed by atoms with van der Waals surface area (Å²) in [6, 6.07) is 0. The SMILES string of the molecule is CCCCCCCCCCCCCCCOC(=O)CCC(=O)OCC1CCCCC1. The highest BCUT2D eigenvalue weighted by Gasteiger charge is 2.16. The summed E-state index contributed by atoms with van der Waals surface area (Å²) in [6.45, 7) is 3.27. The maximum absolute atomic E-state index is 11.8. The molecule has 0 spiro atoms. The summed E-state index contributed by atoms with van der Waals surface area (Å²) in [4.78, 5) is 23.5. The molecule has 0 aromatic carbocycles. The molecule has 0 amide bonds. The van der Waals surface area contributed by atoms with Crippen LogP contribution in [0.1, 0.15) is 135 Å². The molecule has 30 heavy (non-hydrogen) atoms. The monoisotopic (exact) mass is 424 g/mol. The van der Waals surface area contributed by atoms with Crippen LogP contribution in [0, 0.1) is 5.92 Å². The predicted molar refractivity (Wildman–Crippen MR) is 123 cm³/mol. The van der Waals surface area contributed by atoms with Gasteiger partial charge < -0.3 is 9.47 Å². The second-order valence-electron chi connectivity index (χ2n) is 9.15. The standard InChI is InChI=1S/C26H48O4/c1-2-3-4-5-6-7-8-9-10-11-12-13-17-22-29-25(27)20-21-26(28)30-23-24-18-15-14-16-19-24/h24H,2-23H2,1H3. The molecular formula is C26H48O4. The summed E-state index contributed by atoms with van der Waals surface area (Å²) in [5, 5.41) is 0. The number of hydrogen-bond acceptors (Lipinski definition) is 4. The lowest BCUT2D eigenvalue weighted by Gasteiger charge is -2.20. The molecule has 4 heteroatoms. The number of carbonyl (C=O) groups excluding carboxylic acids is 2. The van der Waals surface area contributed by atoms with Crippen molar-refractivity contribution in [2.24, 2.45) is 5.92 Å². The van der Waals surface area contributed by atoms with Crippen molar-refractivity contribution in [3.8, 4) is 0 Å². The first kappa shape index (κ1) is 27.0. The van der Waals surface area contributed by atoms with E-state index in [4.69, 9.17) is 9.47 Å². The summed E-state index contributed by atoms with van der Waals surface area (Å²) in [5.74, 6) is -0.0211. The Morgan fingerprint density at radius 1 is 0.633 bits per heavy atom. The van der Waals surface area contributed by atoms with Crippen molar-refractivity contribution in [1.82, 2.24) is 0 Å². The molecule has 1 rings (SSSR count). The molecule has 0 aliphatic heterocycles. The minimum absolute atomic E-state index is 0.141. The second kappa shape index (κ2) is 19.9. The summed E-state index contributed by atoms with van der Waals surface area (Å²) < 4.78 is 10.6. The summed E-state index contributed by atoms with van der Waals surface area (Å²) in [6.07, 6.45) is 23.4. The zero-order valence-corrected chi connectivity index (χ0v) is 19.8. The molecule has 0 radical (unpaired) electrons. The topological polar surface area (TPSA) is 52.6 Å². The van der Waals surface area contributed by atoms with Crippen molar-refractivity contribution in [2.75, 3.05) is 13.2 Å². The van der Waals surface area contributed by atoms with Gasteiger partial charge in [0.05, 0.1) is 26.1 Å². The second-order valence-corrected chi connectivity index (χ2v) is 9.15. The highest BCUT2D eigenvalue weighted by molar-refractivity contribution is 5.77. The maximum Gasteiger partial charge on any atom is 0.306 e. The van der Waals surface area contributed by atoms with E-state index in [-0.39, 0.29) is 24.8 Å². The van der Waals surface area contributed by atoms with Gasteiger partial charge in [-0.15, -0.1) is 0 Å². The molecule has 0 heterocycles. The van der Waals surface area contributed by atoms with E-state index < -0.39 is 0 Å². The zero-order chi connectivity index (χ0) is 21.7. The highest BCUT2D eigenvalue weighted by atomic mass is 16.5. The van der Waals surface area contributed by atoms with E-state index in [2.05, 4.69) is 6.92 Å². The van der Waals surface area contributed by atoms with Crippen LogP contribution in [0.15, 0.2) is 0 Å². The van der Waals surface area contributed by atoms with Gasteiger partial charge >= 0.3 is 11.9 Å². The fourth-order valence-electron chi connectivity index (χ4n) is 4.22. The Balaban J connectivity index is 1.79. The molecule has 0 unspecified atom stereocenters. The van der Waals surface area contributed by atoms with Gasteiger partial charge in [0.1, 0.15) is 0 Å². The van der Waals surface area contributed by atoms with Crippen molar-refractivity contribution in [3.63, 3.8) is 0 Å². The molecule has 1 aliphatic carbocycles. The van der Waals surface area contributed by atoms with Crippen LogP contribution in [0.4, 0.5) is 0 Å². The van der Waals surface area contributed by atoms with Gasteiger partial charge in [-0.05, 0) is 25.2 Å². The summed E-state index contributed by atoms with van der Waals surface area (Å²) >= 11 is 0. The molecular weight excluding hydrogens is 376 g/mol. The number of rotatable bonds is 19. The van der Waals surface area contributed by atoms with Gasteiger partial charge in [0.2, 0.25) is 0 Å². The van der Waals surface area contributed by atoms with E-state index in [1.54, 1.807) is 0 Å². The number of ether oxygens (including phenoxy) is 2. The van der Waals surface area contributed by atoms with E-state index in [0.717, 1.165) is 25.7 Å². The van der Waals surface area contributed by atoms with Crippen molar-refractivity contribution >= 4 is 11.9 Å². The largest absolute Gasteiger partial charge is 0.466 e. The van der Waals surface area contributed by atoms with Crippen molar-refractivity contribution < 1.29 is 19.1 Å². The Bertz CT molecular complexity index is 415. The Kier molecular flexibility index (Phi) is 17.9. The van der Waals surface area contributed by atoms with Crippen LogP contribution in [-0.2, 0) is 19.1 Å². The Hall–Kier alpha value is -1.06. The van der Waals surface area contributed by atoms with Gasteiger partial charge in [0.25, 0.3) is 0 Å². The first-order valence-electron chi connectivity index (χ1n) is 13.0. The predicted octanol–water partition coefficient (Wildman–Crippen LogP) is 7.52. The average molecular weight is 425 g/mol. The van der Waals surface area contributed by atoms with Gasteiger partial charge in [-0.1, -0.05) is 103 Å². The van der Waals surface area contributed by atoms with Crippen LogP contribution in [0.3, 0.4) is 0 Å². The minimum atomic E-state index is -0.274. The third-order valence-electron chi connectivity index (χ3n) is 6.25. The molecule has 4 nitrogen and oxygen atoms in total. The van der Waals surface area contributed by atoms with Gasteiger partial charge in [-0.3, -0.25) is 9.59 Å². The quantitative estimate of drug-likeness (QED) is 0.159. The average Bonchev–Trinajstić information content (AvgIpc) is 2.77. The first-order valence-corrected chi connectivity index (χ1v) is 13.0. The molecule has 0 aromatic heterocycles. The first-order chi connectivity index (χ1) is 14.7. The molecule has 0 atom stereocenters. The molecule has 0 bridgehead atoms. The lowest BCUT2D eigenvalue weighted by molar-refractivity contribution is -0.151. The minimum Gasteiger partial charge on any atom is -0.466 e. The van der Waals surface area contributed by atoms with Crippen LogP contribution < -0.4 is 0 Å². The zero-order valence-electron chi connectivity index (χ0n) is 19.8. The number of unbranched alkanes of at least 4 members (excludes halogenated alkanes) is 12. The molecule has 176 valence electrons. The van der Waals surface area contributed by atoms with Crippen molar-refractivity contribution in [3.05, 3.63) is 0 Å². The maximum atomic E-state index is 11.8. The van der Waals surface area contributed by atoms with Crippen molar-refractivity contribution in [1.29, 1.82) is 0 Å². The molecule has 1 fully saturated rings. The van der Waals surface area contributed by atoms with Crippen molar-refractivity contribution in [2.45, 2.75) is 135 Å². The van der Waals surface area contributed by atoms with Gasteiger partial charge in [-0.2, -0.15) is 0 Å².